The first kappa shape index (κ1) is 26.0. The summed E-state index contributed by atoms with van der Waals surface area (Å²) in [4.78, 5) is 11.1. The van der Waals surface area contributed by atoms with Crippen LogP contribution in [0.3, 0.4) is 0 Å². The van der Waals surface area contributed by atoms with Crippen molar-refractivity contribution in [3.05, 3.63) is 93.8 Å². The van der Waals surface area contributed by atoms with E-state index in [4.69, 9.17) is 14.5 Å². The van der Waals surface area contributed by atoms with E-state index in [9.17, 15) is 9.50 Å². The van der Waals surface area contributed by atoms with E-state index in [0.29, 0.717) is 41.4 Å². The molecule has 0 radical (unpaired) electrons. The van der Waals surface area contributed by atoms with Gasteiger partial charge in [0.2, 0.25) is 11.8 Å². The van der Waals surface area contributed by atoms with Crippen LogP contribution in [0.4, 0.5) is 4.39 Å². The summed E-state index contributed by atoms with van der Waals surface area (Å²) < 4.78 is 26.8. The number of halogens is 2. The van der Waals surface area contributed by atoms with Crippen molar-refractivity contribution in [2.24, 2.45) is 0 Å². The Morgan fingerprint density at radius 3 is 2.47 bits per heavy atom. The van der Waals surface area contributed by atoms with Crippen LogP contribution in [0.1, 0.15) is 29.0 Å². The smallest absolute Gasteiger partial charge is 0.217 e. The number of rotatable bonds is 9. The van der Waals surface area contributed by atoms with Gasteiger partial charge in [-0.3, -0.25) is 0 Å². The summed E-state index contributed by atoms with van der Waals surface area (Å²) in [6, 6.07) is 17.5. The van der Waals surface area contributed by atoms with Gasteiger partial charge in [-0.05, 0) is 68.5 Å². The summed E-state index contributed by atoms with van der Waals surface area (Å²) >= 11 is 3.54. The van der Waals surface area contributed by atoms with Crippen molar-refractivity contribution in [3.8, 4) is 11.8 Å². The number of methoxy groups -OCH3 is 2. The SMILES string of the molecule is COc1ncccc1C(c1cc2cc(Br)ccc2nc1OC)C(O)(CCN(C)C)c1cccc(F)c1. The zero-order valence-electron chi connectivity index (χ0n) is 20.7. The van der Waals surface area contributed by atoms with Crippen LogP contribution in [0.15, 0.2) is 71.3 Å². The summed E-state index contributed by atoms with van der Waals surface area (Å²) in [6.45, 7) is 0.543. The second-order valence-corrected chi connectivity index (χ2v) is 9.86. The van der Waals surface area contributed by atoms with Gasteiger partial charge in [-0.2, -0.15) is 0 Å². The number of hydrogen-bond donors (Lipinski definition) is 1. The third-order valence-electron chi connectivity index (χ3n) is 6.32. The quantitative estimate of drug-likeness (QED) is 0.294. The van der Waals surface area contributed by atoms with Crippen molar-refractivity contribution in [3.63, 3.8) is 0 Å². The maximum Gasteiger partial charge on any atom is 0.217 e. The van der Waals surface area contributed by atoms with Crippen molar-refractivity contribution in [2.45, 2.75) is 17.9 Å². The average molecular weight is 554 g/mol. The van der Waals surface area contributed by atoms with Crippen molar-refractivity contribution < 1.29 is 19.0 Å². The third kappa shape index (κ3) is 5.21. The van der Waals surface area contributed by atoms with Gasteiger partial charge in [0.05, 0.1) is 25.7 Å². The molecule has 36 heavy (non-hydrogen) atoms. The minimum atomic E-state index is -1.56. The summed E-state index contributed by atoms with van der Waals surface area (Å²) in [5, 5.41) is 13.5. The summed E-state index contributed by atoms with van der Waals surface area (Å²) in [5.41, 5.74) is 0.909. The molecule has 4 rings (SSSR count). The number of nitrogens with zero attached hydrogens (tertiary/aromatic N) is 3. The van der Waals surface area contributed by atoms with E-state index < -0.39 is 17.3 Å². The highest BCUT2D eigenvalue weighted by Crippen LogP contribution is 2.49. The van der Waals surface area contributed by atoms with Gasteiger partial charge in [0, 0.05) is 33.7 Å². The molecule has 0 aliphatic rings. The molecular weight excluding hydrogens is 525 g/mol. The molecule has 0 saturated carbocycles. The highest BCUT2D eigenvalue weighted by molar-refractivity contribution is 9.10. The van der Waals surface area contributed by atoms with Crippen LogP contribution in [-0.2, 0) is 5.60 Å². The molecular formula is C28H29BrFN3O3. The van der Waals surface area contributed by atoms with Crippen molar-refractivity contribution in [2.75, 3.05) is 34.9 Å². The van der Waals surface area contributed by atoms with Gasteiger partial charge in [-0.15, -0.1) is 0 Å². The molecule has 188 valence electrons. The average Bonchev–Trinajstić information content (AvgIpc) is 2.87. The summed E-state index contributed by atoms with van der Waals surface area (Å²) in [7, 11) is 6.95. The molecule has 0 spiro atoms. The van der Waals surface area contributed by atoms with Crippen molar-refractivity contribution in [1.82, 2.24) is 14.9 Å². The predicted octanol–water partition coefficient (Wildman–Crippen LogP) is 5.52. The molecule has 2 unspecified atom stereocenters. The molecule has 2 atom stereocenters. The Balaban J connectivity index is 2.07. The summed E-state index contributed by atoms with van der Waals surface area (Å²) in [6.07, 6.45) is 1.93. The Labute approximate surface area is 218 Å². The van der Waals surface area contributed by atoms with E-state index in [0.717, 1.165) is 15.4 Å². The van der Waals surface area contributed by atoms with E-state index in [2.05, 4.69) is 20.9 Å². The van der Waals surface area contributed by atoms with Crippen LogP contribution < -0.4 is 9.47 Å². The third-order valence-corrected chi connectivity index (χ3v) is 6.81. The number of hydrogen-bond acceptors (Lipinski definition) is 6. The van der Waals surface area contributed by atoms with E-state index in [1.807, 2.05) is 49.3 Å². The van der Waals surface area contributed by atoms with E-state index >= 15 is 0 Å². The van der Waals surface area contributed by atoms with Crippen LogP contribution in [-0.4, -0.2) is 54.8 Å². The second kappa shape index (κ2) is 10.9. The number of fused-ring (bicyclic) bond motifs is 1. The number of ether oxygens (including phenoxy) is 2. The molecule has 0 amide bonds. The number of benzene rings is 2. The number of aromatic nitrogens is 2. The molecule has 2 heterocycles. The first-order chi connectivity index (χ1) is 17.3. The summed E-state index contributed by atoms with van der Waals surface area (Å²) in [5.74, 6) is -0.451. The molecule has 4 aromatic rings. The second-order valence-electron chi connectivity index (χ2n) is 8.95. The zero-order valence-corrected chi connectivity index (χ0v) is 22.3. The first-order valence-electron chi connectivity index (χ1n) is 11.5. The highest BCUT2D eigenvalue weighted by Gasteiger charge is 2.44. The molecule has 0 bridgehead atoms. The van der Waals surface area contributed by atoms with Gasteiger partial charge in [0.25, 0.3) is 0 Å². The molecule has 1 N–H and O–H groups in total. The van der Waals surface area contributed by atoms with Gasteiger partial charge in [-0.25, -0.2) is 14.4 Å². The van der Waals surface area contributed by atoms with Crippen LogP contribution >= 0.6 is 15.9 Å². The van der Waals surface area contributed by atoms with Crippen LogP contribution in [0, 0.1) is 5.82 Å². The largest absolute Gasteiger partial charge is 0.481 e. The van der Waals surface area contributed by atoms with Crippen molar-refractivity contribution in [1.29, 1.82) is 0 Å². The Morgan fingerprint density at radius 1 is 1.00 bits per heavy atom. The lowest BCUT2D eigenvalue weighted by Gasteiger charge is -2.39. The Bertz CT molecular complexity index is 1370. The lowest BCUT2D eigenvalue weighted by Crippen LogP contribution is -2.38. The molecule has 0 aliphatic carbocycles. The molecule has 2 aromatic carbocycles. The highest BCUT2D eigenvalue weighted by atomic mass is 79.9. The lowest BCUT2D eigenvalue weighted by molar-refractivity contribution is 0.00282. The Hall–Kier alpha value is -3.07. The fourth-order valence-corrected chi connectivity index (χ4v) is 4.98. The van der Waals surface area contributed by atoms with Crippen LogP contribution in [0.25, 0.3) is 10.9 Å². The van der Waals surface area contributed by atoms with Gasteiger partial charge >= 0.3 is 0 Å². The number of aliphatic hydroxyl groups is 1. The molecule has 2 aromatic heterocycles. The van der Waals surface area contributed by atoms with Gasteiger partial charge in [0.1, 0.15) is 11.4 Å². The fraction of sp³-hybridized carbons (Fsp3) is 0.286. The molecule has 8 heteroatoms. The minimum absolute atomic E-state index is 0.297. The minimum Gasteiger partial charge on any atom is -0.481 e. The standard InChI is InChI=1S/C28H29BrFN3O3/c1-33(2)14-12-28(34,19-7-5-8-21(30)17-19)25(22-9-6-13-31-26(22)35-3)23-16-18-15-20(29)10-11-24(18)32-27(23)36-4/h5-11,13,15-17,25,34H,12,14H2,1-4H3. The maximum absolute atomic E-state index is 14.5. The molecule has 6 nitrogen and oxygen atoms in total. The number of pyridine rings is 2. The predicted molar refractivity (Wildman–Crippen MR) is 142 cm³/mol. The van der Waals surface area contributed by atoms with E-state index in [1.165, 1.54) is 19.2 Å². The topological polar surface area (TPSA) is 67.7 Å². The van der Waals surface area contributed by atoms with Gasteiger partial charge in [-0.1, -0.05) is 34.1 Å². The van der Waals surface area contributed by atoms with Crippen LogP contribution in [0.5, 0.6) is 11.8 Å². The molecule has 0 saturated heterocycles. The maximum atomic E-state index is 14.5. The molecule has 0 fully saturated rings. The van der Waals surface area contributed by atoms with Crippen molar-refractivity contribution >= 4 is 26.8 Å². The molecule has 0 aliphatic heterocycles. The first-order valence-corrected chi connectivity index (χ1v) is 12.3. The van der Waals surface area contributed by atoms with E-state index in [1.54, 1.807) is 31.5 Å². The normalized spacial score (nSPS) is 14.0. The van der Waals surface area contributed by atoms with E-state index in [-0.39, 0.29) is 0 Å². The fourth-order valence-electron chi connectivity index (χ4n) is 4.60. The zero-order chi connectivity index (χ0) is 25.9. The Kier molecular flexibility index (Phi) is 7.88. The van der Waals surface area contributed by atoms with Gasteiger partial charge in [0.15, 0.2) is 0 Å². The monoisotopic (exact) mass is 553 g/mol. The van der Waals surface area contributed by atoms with Crippen LogP contribution in [0.2, 0.25) is 0 Å². The Morgan fingerprint density at radius 2 is 1.78 bits per heavy atom. The lowest BCUT2D eigenvalue weighted by atomic mass is 9.71. The van der Waals surface area contributed by atoms with Gasteiger partial charge < -0.3 is 19.5 Å².